The van der Waals surface area contributed by atoms with Gasteiger partial charge in [-0.05, 0) is 12.2 Å². The monoisotopic (exact) mass is 412 g/mol. The Morgan fingerprint density at radius 3 is 2.26 bits per heavy atom. The van der Waals surface area contributed by atoms with Gasteiger partial charge in [0.2, 0.25) is 15.6 Å². The number of rotatable bonds is 4. The Labute approximate surface area is 149 Å². The Balaban J connectivity index is 2.05. The van der Waals surface area contributed by atoms with E-state index in [1.807, 2.05) is 0 Å². The summed E-state index contributed by atoms with van der Waals surface area (Å²) in [6, 6.07) is 2.04. The number of carbonyl (C=O) groups is 1. The molecule has 0 N–H and O–H groups in total. The minimum Gasteiger partial charge on any atom is -0.485 e. The van der Waals surface area contributed by atoms with Crippen molar-refractivity contribution in [3.63, 3.8) is 0 Å². The van der Waals surface area contributed by atoms with Crippen molar-refractivity contribution >= 4 is 15.6 Å². The standard InChI is InChI=1S/C16H10F6O4S/c17-7-3-8(18)5-9(4-7)26-11-1-2-12(27(24,25)15(19)20)13-10(11)6-16(21,22)14(13)23/h1-5,10-11,15H,6H2. The normalized spacial score (nSPS) is 24.5. The van der Waals surface area contributed by atoms with Crippen molar-refractivity contribution in [3.8, 4) is 5.75 Å². The second-order valence-corrected chi connectivity index (χ2v) is 7.86. The summed E-state index contributed by atoms with van der Waals surface area (Å²) in [5.74, 6) is -13.8. The topological polar surface area (TPSA) is 60.4 Å². The third-order valence-corrected chi connectivity index (χ3v) is 5.61. The summed E-state index contributed by atoms with van der Waals surface area (Å²) in [6.07, 6.45) is -1.13. The lowest BCUT2D eigenvalue weighted by atomic mass is 9.91. The van der Waals surface area contributed by atoms with Crippen LogP contribution in [0, 0.1) is 17.6 Å². The van der Waals surface area contributed by atoms with Crippen LogP contribution in [0.5, 0.6) is 5.75 Å². The first-order chi connectivity index (χ1) is 12.4. The zero-order chi connectivity index (χ0) is 20.1. The third kappa shape index (κ3) is 3.35. The highest BCUT2D eigenvalue weighted by atomic mass is 32.2. The summed E-state index contributed by atoms with van der Waals surface area (Å²) in [4.78, 5) is 10.7. The van der Waals surface area contributed by atoms with Crippen LogP contribution in [-0.2, 0) is 14.6 Å². The molecule has 2 unspecified atom stereocenters. The predicted molar refractivity (Wildman–Crippen MR) is 79.9 cm³/mol. The first kappa shape index (κ1) is 19.5. The number of alkyl halides is 4. The second kappa shape index (κ2) is 6.39. The number of hydrogen-bond acceptors (Lipinski definition) is 4. The highest BCUT2D eigenvalue weighted by Crippen LogP contribution is 2.47. The number of carbonyl (C=O) groups excluding carboxylic acids is 1. The van der Waals surface area contributed by atoms with Gasteiger partial charge in [-0.1, -0.05) is 0 Å². The van der Waals surface area contributed by atoms with E-state index in [2.05, 4.69) is 0 Å². The van der Waals surface area contributed by atoms with Crippen LogP contribution in [0.4, 0.5) is 26.3 Å². The average molecular weight is 412 g/mol. The number of Topliss-reactive ketones (excluding diaryl/α,β-unsaturated/α-hetero) is 1. The van der Waals surface area contributed by atoms with Crippen LogP contribution in [0.3, 0.4) is 0 Å². The fourth-order valence-corrected chi connectivity index (χ4v) is 4.05. The predicted octanol–water partition coefficient (Wildman–Crippen LogP) is 3.40. The van der Waals surface area contributed by atoms with Gasteiger partial charge in [0, 0.05) is 36.1 Å². The molecule has 2 aliphatic carbocycles. The number of halogens is 6. The Hall–Kier alpha value is -2.30. The van der Waals surface area contributed by atoms with Crippen molar-refractivity contribution < 1.29 is 44.3 Å². The fourth-order valence-electron chi connectivity index (χ4n) is 3.04. The van der Waals surface area contributed by atoms with Gasteiger partial charge in [0.05, 0.1) is 4.91 Å². The number of benzene rings is 1. The molecule has 0 amide bonds. The minimum absolute atomic E-state index is 0.399. The molecule has 1 aromatic rings. The Morgan fingerprint density at radius 1 is 1.11 bits per heavy atom. The first-order valence-corrected chi connectivity index (χ1v) is 8.98. The summed E-state index contributed by atoms with van der Waals surface area (Å²) in [7, 11) is -5.32. The van der Waals surface area contributed by atoms with Crippen LogP contribution in [-0.4, -0.2) is 32.0 Å². The van der Waals surface area contributed by atoms with Crippen LogP contribution in [0.15, 0.2) is 40.8 Å². The molecule has 2 atom stereocenters. The molecule has 0 saturated heterocycles. The number of sulfone groups is 1. The Kier molecular flexibility index (Phi) is 4.61. The quantitative estimate of drug-likeness (QED) is 0.712. The molecule has 4 nitrogen and oxygen atoms in total. The van der Waals surface area contributed by atoms with Crippen LogP contribution >= 0.6 is 0 Å². The van der Waals surface area contributed by atoms with Gasteiger partial charge >= 0.3 is 11.7 Å². The lowest BCUT2D eigenvalue weighted by Crippen LogP contribution is -2.30. The summed E-state index contributed by atoms with van der Waals surface area (Å²) < 4.78 is 109. The first-order valence-electron chi connectivity index (χ1n) is 7.43. The number of allylic oxidation sites excluding steroid dienone is 1. The van der Waals surface area contributed by atoms with E-state index in [4.69, 9.17) is 4.74 Å². The zero-order valence-corrected chi connectivity index (χ0v) is 14.0. The molecular weight excluding hydrogens is 402 g/mol. The Bertz CT molecular complexity index is 947. The molecule has 0 aromatic heterocycles. The van der Waals surface area contributed by atoms with E-state index < -0.39 is 73.6 Å². The van der Waals surface area contributed by atoms with Crippen LogP contribution in [0.2, 0.25) is 0 Å². The number of ketones is 1. The van der Waals surface area contributed by atoms with E-state index in [0.29, 0.717) is 12.1 Å². The molecule has 0 radical (unpaired) electrons. The number of ether oxygens (including phenoxy) is 1. The summed E-state index contributed by atoms with van der Waals surface area (Å²) in [6.45, 7) is 0. The minimum atomic E-state index is -5.32. The lowest BCUT2D eigenvalue weighted by Gasteiger charge is -2.26. The summed E-state index contributed by atoms with van der Waals surface area (Å²) in [5.41, 5.74) is -0.996. The smallest absolute Gasteiger partial charge is 0.341 e. The van der Waals surface area contributed by atoms with Gasteiger partial charge in [0.1, 0.15) is 23.5 Å². The maximum Gasteiger partial charge on any atom is 0.341 e. The molecule has 1 aromatic carbocycles. The van der Waals surface area contributed by atoms with E-state index >= 15 is 0 Å². The maximum atomic E-state index is 13.9. The van der Waals surface area contributed by atoms with E-state index in [0.717, 1.165) is 18.2 Å². The van der Waals surface area contributed by atoms with Gasteiger partial charge in [-0.25, -0.2) is 17.2 Å². The van der Waals surface area contributed by atoms with E-state index in [-0.39, 0.29) is 0 Å². The van der Waals surface area contributed by atoms with Gasteiger partial charge in [0.15, 0.2) is 0 Å². The molecule has 2 aliphatic rings. The molecule has 0 aliphatic heterocycles. The molecule has 11 heteroatoms. The zero-order valence-electron chi connectivity index (χ0n) is 13.1. The highest BCUT2D eigenvalue weighted by molar-refractivity contribution is 7.95. The third-order valence-electron chi connectivity index (χ3n) is 4.17. The Morgan fingerprint density at radius 2 is 1.70 bits per heavy atom. The molecular formula is C16H10F6O4S. The molecule has 27 heavy (non-hydrogen) atoms. The van der Waals surface area contributed by atoms with Gasteiger partial charge < -0.3 is 4.74 Å². The maximum absolute atomic E-state index is 13.9. The van der Waals surface area contributed by atoms with Gasteiger partial charge in [-0.3, -0.25) is 4.79 Å². The number of fused-ring (bicyclic) bond motifs is 1. The molecule has 1 saturated carbocycles. The van der Waals surface area contributed by atoms with Crippen molar-refractivity contribution in [2.24, 2.45) is 5.92 Å². The molecule has 0 spiro atoms. The molecule has 3 rings (SSSR count). The molecule has 0 bridgehead atoms. The molecule has 0 heterocycles. The van der Waals surface area contributed by atoms with Crippen molar-refractivity contribution in [3.05, 3.63) is 52.5 Å². The van der Waals surface area contributed by atoms with Crippen LogP contribution < -0.4 is 4.74 Å². The van der Waals surface area contributed by atoms with Crippen LogP contribution in [0.25, 0.3) is 0 Å². The SMILES string of the molecule is O=C1C2=C(S(=O)(=O)C(F)F)C=CC(Oc3cc(F)cc(F)c3)C2CC1(F)F. The average Bonchev–Trinajstić information content (AvgIpc) is 2.77. The van der Waals surface area contributed by atoms with E-state index in [1.54, 1.807) is 0 Å². The second-order valence-electron chi connectivity index (χ2n) is 5.97. The van der Waals surface area contributed by atoms with Crippen molar-refractivity contribution in [2.45, 2.75) is 24.2 Å². The fraction of sp³-hybridized carbons (Fsp3) is 0.312. The number of hydrogen-bond donors (Lipinski definition) is 0. The van der Waals surface area contributed by atoms with Gasteiger partial charge in [0.25, 0.3) is 0 Å². The van der Waals surface area contributed by atoms with Crippen LogP contribution in [0.1, 0.15) is 6.42 Å². The van der Waals surface area contributed by atoms with Crippen molar-refractivity contribution in [1.82, 2.24) is 0 Å². The van der Waals surface area contributed by atoms with Crippen molar-refractivity contribution in [1.29, 1.82) is 0 Å². The summed E-state index contributed by atoms with van der Waals surface area (Å²) in [5, 5.41) is 0. The van der Waals surface area contributed by atoms with E-state index in [1.165, 1.54) is 0 Å². The summed E-state index contributed by atoms with van der Waals surface area (Å²) >= 11 is 0. The van der Waals surface area contributed by atoms with Crippen molar-refractivity contribution in [2.75, 3.05) is 0 Å². The lowest BCUT2D eigenvalue weighted by molar-refractivity contribution is -0.135. The largest absolute Gasteiger partial charge is 0.485 e. The van der Waals surface area contributed by atoms with Gasteiger partial charge in [-0.15, -0.1) is 0 Å². The van der Waals surface area contributed by atoms with Gasteiger partial charge in [-0.2, -0.15) is 17.6 Å². The highest BCUT2D eigenvalue weighted by Gasteiger charge is 2.57. The molecule has 146 valence electrons. The van der Waals surface area contributed by atoms with E-state index in [9.17, 15) is 39.6 Å². The molecule has 1 fully saturated rings.